The molecule has 0 atom stereocenters. The van der Waals surface area contributed by atoms with Crippen molar-refractivity contribution in [2.75, 3.05) is 12.3 Å². The molecule has 0 fully saturated rings. The Morgan fingerprint density at radius 1 is 0.516 bits per heavy atom. The van der Waals surface area contributed by atoms with Crippen LogP contribution in [0.4, 0.5) is 0 Å². The van der Waals surface area contributed by atoms with Crippen LogP contribution in [0.15, 0.2) is 24.3 Å². The molecule has 0 unspecified atom stereocenters. The standard InChI is InChI=1S/2C13H27P.2ClH.Pd/c2*1-11(2)9-7-8-10-14(12(3)4)13(5)6;;;/h2*7-8,11-13H,9-10H2,1-6H3;2*1H;/q;;;;+2. The maximum absolute atomic E-state index is 4.81. The van der Waals surface area contributed by atoms with Crippen molar-refractivity contribution in [3.63, 3.8) is 0 Å². The molecule has 0 aliphatic heterocycles. The van der Waals surface area contributed by atoms with Gasteiger partial charge in [-0.3, -0.25) is 0 Å². The van der Waals surface area contributed by atoms with Gasteiger partial charge in [-0.15, -0.1) is 0 Å². The molecular weight excluding hydrogens is 552 g/mol. The van der Waals surface area contributed by atoms with E-state index >= 15 is 0 Å². The number of halogens is 2. The summed E-state index contributed by atoms with van der Waals surface area (Å²) in [5.74, 6) is 1.61. The van der Waals surface area contributed by atoms with Crippen molar-refractivity contribution in [3.8, 4) is 0 Å². The zero-order valence-electron chi connectivity index (χ0n) is 22.7. The second kappa shape index (κ2) is 24.7. The molecule has 0 radical (unpaired) electrons. The summed E-state index contributed by atoms with van der Waals surface area (Å²) >= 11 is -0.106. The van der Waals surface area contributed by atoms with Crippen LogP contribution in [0.3, 0.4) is 0 Å². The van der Waals surface area contributed by atoms with E-state index in [1.807, 2.05) is 0 Å². The minimum absolute atomic E-state index is 0.106. The van der Waals surface area contributed by atoms with E-state index in [4.69, 9.17) is 19.1 Å². The van der Waals surface area contributed by atoms with Crippen molar-refractivity contribution in [2.45, 2.75) is 119 Å². The molecular formula is C26H56Cl2P2Pd+2. The summed E-state index contributed by atoms with van der Waals surface area (Å²) in [5, 5.41) is 0. The molecule has 0 saturated carbocycles. The number of rotatable bonds is 12. The Bertz CT molecular complexity index is 366. The average Bonchev–Trinajstić information content (AvgIpc) is 2.60. The molecule has 0 N–H and O–H groups in total. The molecule has 0 saturated heterocycles. The molecule has 31 heavy (non-hydrogen) atoms. The van der Waals surface area contributed by atoms with E-state index in [2.05, 4.69) is 107 Å². The quantitative estimate of drug-likeness (QED) is 0.118. The zero-order chi connectivity index (χ0) is 25.0. The van der Waals surface area contributed by atoms with Gasteiger partial charge in [0, 0.05) is 15.8 Å². The summed E-state index contributed by atoms with van der Waals surface area (Å²) in [5.41, 5.74) is 3.62. The molecule has 192 valence electrons. The SMILES string of the molecule is CC(C)CC=CC[PH+](C(C)C)C(C)C.CC(C)CC=CC[PH+](C(C)C)C(C)C.[Cl][Pd][Cl]. The Hall–Kier alpha value is 1.58. The third-order valence-electron chi connectivity index (χ3n) is 5.22. The molecule has 0 aromatic heterocycles. The van der Waals surface area contributed by atoms with Gasteiger partial charge in [0.15, 0.2) is 0 Å². The third-order valence-corrected chi connectivity index (χ3v) is 12.6. The first-order valence-electron chi connectivity index (χ1n) is 12.1. The van der Waals surface area contributed by atoms with Crippen LogP contribution in [-0.2, 0) is 15.9 Å². The molecule has 0 aromatic rings. The first-order chi connectivity index (χ1) is 14.3. The van der Waals surface area contributed by atoms with E-state index in [1.54, 1.807) is 0 Å². The molecule has 0 bridgehead atoms. The summed E-state index contributed by atoms with van der Waals surface area (Å²) in [6, 6.07) is 0. The van der Waals surface area contributed by atoms with Gasteiger partial charge in [0.1, 0.15) is 0 Å². The van der Waals surface area contributed by atoms with Gasteiger partial charge < -0.3 is 0 Å². The van der Waals surface area contributed by atoms with Gasteiger partial charge in [-0.2, -0.15) is 0 Å². The summed E-state index contributed by atoms with van der Waals surface area (Å²) in [4.78, 5) is 0. The number of hydrogen-bond donors (Lipinski definition) is 0. The first kappa shape index (κ1) is 37.1. The Labute approximate surface area is 216 Å². The van der Waals surface area contributed by atoms with Crippen molar-refractivity contribution in [1.82, 2.24) is 0 Å². The van der Waals surface area contributed by atoms with Gasteiger partial charge in [0.25, 0.3) is 0 Å². The van der Waals surface area contributed by atoms with Gasteiger partial charge in [-0.05, 0) is 80.1 Å². The van der Waals surface area contributed by atoms with E-state index in [1.165, 1.54) is 25.2 Å². The van der Waals surface area contributed by atoms with Crippen LogP contribution in [0.2, 0.25) is 0 Å². The van der Waals surface area contributed by atoms with E-state index in [0.717, 1.165) is 34.5 Å². The van der Waals surface area contributed by atoms with E-state index < -0.39 is 0 Å². The predicted octanol–water partition coefficient (Wildman–Crippen LogP) is 10.6. The molecule has 0 nitrogen and oxygen atoms in total. The predicted molar refractivity (Wildman–Crippen MR) is 156 cm³/mol. The van der Waals surface area contributed by atoms with Crippen molar-refractivity contribution in [2.24, 2.45) is 11.8 Å². The van der Waals surface area contributed by atoms with Gasteiger partial charge >= 0.3 is 35.0 Å². The van der Waals surface area contributed by atoms with E-state index in [0.29, 0.717) is 0 Å². The Balaban J connectivity index is -0.000000448. The fourth-order valence-electron chi connectivity index (χ4n) is 3.45. The topological polar surface area (TPSA) is 0 Å². The maximum atomic E-state index is 4.81. The molecule has 0 aliphatic rings. The van der Waals surface area contributed by atoms with Gasteiger partial charge in [-0.25, -0.2) is 0 Å². The van der Waals surface area contributed by atoms with Gasteiger partial charge in [-0.1, -0.05) is 52.0 Å². The van der Waals surface area contributed by atoms with Crippen molar-refractivity contribution in [3.05, 3.63) is 24.3 Å². The van der Waals surface area contributed by atoms with Crippen LogP contribution in [0.1, 0.15) is 95.9 Å². The van der Waals surface area contributed by atoms with Crippen LogP contribution in [0.5, 0.6) is 0 Å². The molecule has 0 spiro atoms. The van der Waals surface area contributed by atoms with Gasteiger partial charge in [0.05, 0.1) is 35.0 Å². The van der Waals surface area contributed by atoms with E-state index in [-0.39, 0.29) is 31.8 Å². The summed E-state index contributed by atoms with van der Waals surface area (Å²) in [6.07, 6.45) is 14.8. The second-order valence-electron chi connectivity index (χ2n) is 10.4. The third kappa shape index (κ3) is 27.7. The second-order valence-corrected chi connectivity index (χ2v) is 20.5. The molecule has 0 amide bonds. The first-order valence-corrected chi connectivity index (χ1v) is 19.9. The van der Waals surface area contributed by atoms with E-state index in [9.17, 15) is 0 Å². The average molecular weight is 608 g/mol. The van der Waals surface area contributed by atoms with Crippen LogP contribution in [-0.4, -0.2) is 35.0 Å². The van der Waals surface area contributed by atoms with Crippen LogP contribution in [0.25, 0.3) is 0 Å². The molecule has 0 aromatic carbocycles. The zero-order valence-corrected chi connectivity index (χ0v) is 27.7. The van der Waals surface area contributed by atoms with Crippen LogP contribution < -0.4 is 0 Å². The monoisotopic (exact) mass is 606 g/mol. The van der Waals surface area contributed by atoms with Gasteiger partial charge in [0.2, 0.25) is 0 Å². The Morgan fingerprint density at radius 2 is 0.742 bits per heavy atom. The minimum atomic E-state index is -0.163. The van der Waals surface area contributed by atoms with Crippen molar-refractivity contribution >= 4 is 34.9 Å². The summed E-state index contributed by atoms with van der Waals surface area (Å²) < 4.78 is 0. The Kier molecular flexibility index (Phi) is 29.6. The normalized spacial score (nSPS) is 12.5. The van der Waals surface area contributed by atoms with Crippen molar-refractivity contribution < 1.29 is 15.9 Å². The molecule has 0 heterocycles. The molecule has 0 aliphatic carbocycles. The molecule has 5 heteroatoms. The van der Waals surface area contributed by atoms with Crippen LogP contribution in [0, 0.1) is 11.8 Å². The fourth-order valence-corrected chi connectivity index (χ4v) is 8.88. The fraction of sp³-hybridized carbons (Fsp3) is 0.846. The summed E-state index contributed by atoms with van der Waals surface area (Å²) in [6.45, 7) is 28.2. The molecule has 0 rings (SSSR count). The number of hydrogen-bond acceptors (Lipinski definition) is 0. The number of allylic oxidation sites excluding steroid dienone is 4. The Morgan fingerprint density at radius 3 is 0.903 bits per heavy atom. The summed E-state index contributed by atoms with van der Waals surface area (Å²) in [7, 11) is 9.30. The van der Waals surface area contributed by atoms with Crippen LogP contribution >= 0.6 is 34.9 Å². The van der Waals surface area contributed by atoms with Crippen molar-refractivity contribution in [1.29, 1.82) is 0 Å².